The fourth-order valence-electron chi connectivity index (χ4n) is 3.38. The zero-order chi connectivity index (χ0) is 24.3. The number of hydrogen-bond acceptors (Lipinski definition) is 7. The van der Waals surface area contributed by atoms with Gasteiger partial charge in [0.15, 0.2) is 6.61 Å². The van der Waals surface area contributed by atoms with Crippen LogP contribution >= 0.6 is 11.8 Å². The number of carbonyl (C=O) groups is 2. The molecule has 0 spiro atoms. The summed E-state index contributed by atoms with van der Waals surface area (Å²) in [6, 6.07) is 16.6. The van der Waals surface area contributed by atoms with Crippen LogP contribution in [0, 0.1) is 11.3 Å². The van der Waals surface area contributed by atoms with Crippen LogP contribution in [0.5, 0.6) is 0 Å². The van der Waals surface area contributed by atoms with Gasteiger partial charge in [-0.15, -0.1) is 11.8 Å². The van der Waals surface area contributed by atoms with Crippen molar-refractivity contribution in [3.05, 3.63) is 64.6 Å². The van der Waals surface area contributed by atoms with Gasteiger partial charge < -0.3 is 14.6 Å². The molecule has 1 aromatic heterocycles. The first-order valence-corrected chi connectivity index (χ1v) is 12.0. The van der Waals surface area contributed by atoms with Crippen molar-refractivity contribution in [2.24, 2.45) is 0 Å². The van der Waals surface area contributed by atoms with Crippen molar-refractivity contribution in [1.29, 1.82) is 5.26 Å². The van der Waals surface area contributed by atoms with Gasteiger partial charge in [-0.2, -0.15) is 5.26 Å². The van der Waals surface area contributed by atoms with E-state index in [9.17, 15) is 14.4 Å². The van der Waals surface area contributed by atoms with Crippen molar-refractivity contribution in [1.82, 2.24) is 9.55 Å². The summed E-state index contributed by atoms with van der Waals surface area (Å²) in [5.74, 6) is -0.814. The Bertz CT molecular complexity index is 1270. The Morgan fingerprint density at radius 3 is 2.74 bits per heavy atom. The van der Waals surface area contributed by atoms with Crippen LogP contribution in [0.15, 0.2) is 58.2 Å². The molecule has 0 radical (unpaired) electrons. The first kappa shape index (κ1) is 25.0. The van der Waals surface area contributed by atoms with Crippen LogP contribution in [-0.4, -0.2) is 33.8 Å². The van der Waals surface area contributed by atoms with Gasteiger partial charge in [-0.25, -0.2) is 4.98 Å². The number of hydrogen-bond donors (Lipinski definition) is 1. The molecule has 34 heavy (non-hydrogen) atoms. The molecule has 0 saturated heterocycles. The Kier molecular flexibility index (Phi) is 9.23. The third-order valence-corrected chi connectivity index (χ3v) is 5.98. The lowest BCUT2D eigenvalue weighted by molar-refractivity contribution is -0.147. The van der Waals surface area contributed by atoms with Gasteiger partial charge in [0.1, 0.15) is 5.69 Å². The van der Waals surface area contributed by atoms with Crippen molar-refractivity contribution in [3.8, 4) is 6.07 Å². The quantitative estimate of drug-likeness (QED) is 0.328. The number of carbonyl (C=O) groups excluding carboxylic acids is 2. The van der Waals surface area contributed by atoms with Crippen molar-refractivity contribution >= 4 is 40.4 Å². The molecule has 0 fully saturated rings. The largest absolute Gasteiger partial charge is 0.456 e. The molecule has 1 N–H and O–H groups in total. The number of fused-ring (bicyclic) bond motifs is 1. The average Bonchev–Trinajstić information content (AvgIpc) is 2.85. The molecule has 0 unspecified atom stereocenters. The van der Waals surface area contributed by atoms with Gasteiger partial charge in [0.2, 0.25) is 0 Å². The summed E-state index contributed by atoms with van der Waals surface area (Å²) in [4.78, 5) is 42.6. The monoisotopic (exact) mass is 478 g/mol. The third kappa shape index (κ3) is 6.68. The number of thioether (sulfide) groups is 1. The van der Waals surface area contributed by atoms with E-state index in [4.69, 9.17) is 10.00 Å². The van der Waals surface area contributed by atoms with Crippen molar-refractivity contribution < 1.29 is 14.3 Å². The second kappa shape index (κ2) is 12.6. The minimum Gasteiger partial charge on any atom is -0.456 e. The molecule has 9 heteroatoms. The van der Waals surface area contributed by atoms with E-state index >= 15 is 0 Å². The maximum absolute atomic E-state index is 12.9. The fraction of sp³-hybridized carbons (Fsp3) is 0.320. The van der Waals surface area contributed by atoms with Crippen LogP contribution < -0.4 is 10.9 Å². The zero-order valence-electron chi connectivity index (χ0n) is 19.0. The van der Waals surface area contributed by atoms with E-state index in [1.807, 2.05) is 36.4 Å². The number of amides is 1. The number of nitrogens with zero attached hydrogens (tertiary/aromatic N) is 3. The number of esters is 1. The number of aromatic nitrogens is 2. The van der Waals surface area contributed by atoms with Gasteiger partial charge >= 0.3 is 5.97 Å². The molecule has 0 aliphatic heterocycles. The fourth-order valence-corrected chi connectivity index (χ4v) is 4.05. The standard InChI is InChI=1S/C25H26N4O4S/c1-2-3-15-29-21-10-6-4-8-18(21)27-20(25(29)32)12-13-24(31)33-17-23(30)28-19-9-5-7-11-22(19)34-16-14-26/h4-11H,2-3,12-13,15-17H2,1H3,(H,28,30). The Hall–Kier alpha value is -3.64. The predicted molar refractivity (Wildman–Crippen MR) is 132 cm³/mol. The van der Waals surface area contributed by atoms with E-state index in [0.717, 1.165) is 23.3 Å². The van der Waals surface area contributed by atoms with E-state index in [1.165, 1.54) is 11.8 Å². The zero-order valence-corrected chi connectivity index (χ0v) is 19.8. The molecule has 1 heterocycles. The van der Waals surface area contributed by atoms with Gasteiger partial charge in [-0.3, -0.25) is 14.4 Å². The average molecular weight is 479 g/mol. The molecule has 0 atom stereocenters. The Morgan fingerprint density at radius 2 is 1.94 bits per heavy atom. The highest BCUT2D eigenvalue weighted by Gasteiger charge is 2.14. The smallest absolute Gasteiger partial charge is 0.306 e. The lowest BCUT2D eigenvalue weighted by atomic mass is 10.2. The number of benzene rings is 2. The van der Waals surface area contributed by atoms with Crippen LogP contribution in [0.3, 0.4) is 0 Å². The molecule has 2 aromatic carbocycles. The highest BCUT2D eigenvalue weighted by molar-refractivity contribution is 7.99. The summed E-state index contributed by atoms with van der Waals surface area (Å²) in [5.41, 5.74) is 2.13. The first-order chi connectivity index (χ1) is 16.5. The summed E-state index contributed by atoms with van der Waals surface area (Å²) in [6.45, 7) is 2.21. The normalized spacial score (nSPS) is 10.6. The van der Waals surface area contributed by atoms with E-state index in [2.05, 4.69) is 17.2 Å². The number of nitrogens with one attached hydrogen (secondary N) is 1. The number of unbranched alkanes of at least 4 members (excludes halogenated alkanes) is 1. The molecule has 0 aliphatic rings. The van der Waals surface area contributed by atoms with Gasteiger partial charge in [0.25, 0.3) is 11.5 Å². The number of para-hydroxylation sites is 3. The van der Waals surface area contributed by atoms with Crippen LogP contribution in [0.1, 0.15) is 31.9 Å². The Labute approximate surface area is 201 Å². The molecule has 3 aromatic rings. The van der Waals surface area contributed by atoms with Crippen LogP contribution in [-0.2, 0) is 27.3 Å². The van der Waals surface area contributed by atoms with Crippen LogP contribution in [0.4, 0.5) is 5.69 Å². The maximum atomic E-state index is 12.9. The summed E-state index contributed by atoms with van der Waals surface area (Å²) < 4.78 is 6.80. The second-order valence-electron chi connectivity index (χ2n) is 7.51. The van der Waals surface area contributed by atoms with Crippen LogP contribution in [0.25, 0.3) is 11.0 Å². The number of nitriles is 1. The molecular weight excluding hydrogens is 452 g/mol. The lowest BCUT2D eigenvalue weighted by Crippen LogP contribution is -2.27. The van der Waals surface area contributed by atoms with E-state index in [-0.39, 0.29) is 24.2 Å². The number of aryl methyl sites for hydroxylation is 2. The van der Waals surface area contributed by atoms with Gasteiger partial charge in [0, 0.05) is 17.9 Å². The minimum atomic E-state index is -0.586. The molecule has 3 rings (SSSR count). The molecule has 176 valence electrons. The SMILES string of the molecule is CCCCn1c(=O)c(CCC(=O)OCC(=O)Nc2ccccc2SCC#N)nc2ccccc21. The van der Waals surface area contributed by atoms with Crippen molar-refractivity contribution in [2.75, 3.05) is 17.7 Å². The second-order valence-corrected chi connectivity index (χ2v) is 8.53. The van der Waals surface area contributed by atoms with Gasteiger partial charge in [0.05, 0.1) is 35.0 Å². The molecule has 0 bridgehead atoms. The topological polar surface area (TPSA) is 114 Å². The summed E-state index contributed by atoms with van der Waals surface area (Å²) in [5, 5.41) is 11.5. The maximum Gasteiger partial charge on any atom is 0.306 e. The molecular formula is C25H26N4O4S. The van der Waals surface area contributed by atoms with E-state index in [1.54, 1.807) is 22.8 Å². The highest BCUT2D eigenvalue weighted by atomic mass is 32.2. The number of anilines is 1. The van der Waals surface area contributed by atoms with Gasteiger partial charge in [-0.05, 0) is 30.7 Å². The summed E-state index contributed by atoms with van der Waals surface area (Å²) in [7, 11) is 0. The number of ether oxygens (including phenoxy) is 1. The minimum absolute atomic E-state index is 0.0593. The van der Waals surface area contributed by atoms with Crippen molar-refractivity contribution in [2.45, 2.75) is 44.0 Å². The van der Waals surface area contributed by atoms with Crippen LogP contribution in [0.2, 0.25) is 0 Å². The summed E-state index contributed by atoms with van der Waals surface area (Å²) >= 11 is 1.30. The molecule has 1 amide bonds. The predicted octanol–water partition coefficient (Wildman–Crippen LogP) is 3.93. The third-order valence-electron chi connectivity index (χ3n) is 5.04. The summed E-state index contributed by atoms with van der Waals surface area (Å²) in [6.07, 6.45) is 1.89. The number of rotatable bonds is 11. The molecule has 0 aliphatic carbocycles. The lowest BCUT2D eigenvalue weighted by Gasteiger charge is -2.12. The van der Waals surface area contributed by atoms with Crippen molar-refractivity contribution in [3.63, 3.8) is 0 Å². The molecule has 0 saturated carbocycles. The van der Waals surface area contributed by atoms with E-state index < -0.39 is 18.5 Å². The van der Waals surface area contributed by atoms with Gasteiger partial charge in [-0.1, -0.05) is 37.6 Å². The Morgan fingerprint density at radius 1 is 1.18 bits per heavy atom. The first-order valence-electron chi connectivity index (χ1n) is 11.1. The Balaban J connectivity index is 1.58. The molecule has 8 nitrogen and oxygen atoms in total. The van der Waals surface area contributed by atoms with E-state index in [0.29, 0.717) is 23.4 Å². The highest BCUT2D eigenvalue weighted by Crippen LogP contribution is 2.26.